The minimum Gasteiger partial charge on any atom is -0.497 e. The molecule has 1 aliphatic heterocycles. The molecule has 2 aromatic rings. The van der Waals surface area contributed by atoms with E-state index in [1.54, 1.807) is 7.11 Å². The molecule has 0 spiro atoms. The summed E-state index contributed by atoms with van der Waals surface area (Å²) in [6.07, 6.45) is 0.774. The predicted octanol–water partition coefficient (Wildman–Crippen LogP) is 2.48. The Morgan fingerprint density at radius 2 is 1.95 bits per heavy atom. The molecule has 1 aliphatic rings. The van der Waals surface area contributed by atoms with Crippen LogP contribution in [0.4, 0.5) is 0 Å². The highest BCUT2D eigenvalue weighted by Gasteiger charge is 2.33. The summed E-state index contributed by atoms with van der Waals surface area (Å²) in [5, 5.41) is 0. The quantitative estimate of drug-likeness (QED) is 0.896. The van der Waals surface area contributed by atoms with Crippen molar-refractivity contribution in [2.75, 3.05) is 13.7 Å². The van der Waals surface area contributed by atoms with E-state index in [0.717, 1.165) is 29.0 Å². The first-order chi connectivity index (χ1) is 9.21. The molecule has 1 unspecified atom stereocenters. The van der Waals surface area contributed by atoms with Crippen molar-refractivity contribution in [1.82, 2.24) is 0 Å². The average molecular weight is 255 g/mol. The van der Waals surface area contributed by atoms with Crippen LogP contribution < -0.4 is 15.2 Å². The third-order valence-corrected chi connectivity index (χ3v) is 3.61. The Hall–Kier alpha value is -2.00. The number of nitrogens with two attached hydrogens (primary N) is 1. The van der Waals surface area contributed by atoms with Crippen LogP contribution in [0.1, 0.15) is 11.1 Å². The fourth-order valence-electron chi connectivity index (χ4n) is 2.50. The molecular weight excluding hydrogens is 238 g/mol. The van der Waals surface area contributed by atoms with Gasteiger partial charge in [-0.15, -0.1) is 0 Å². The van der Waals surface area contributed by atoms with E-state index >= 15 is 0 Å². The number of ether oxygens (including phenoxy) is 2. The van der Waals surface area contributed by atoms with E-state index in [9.17, 15) is 0 Å². The zero-order valence-corrected chi connectivity index (χ0v) is 10.9. The van der Waals surface area contributed by atoms with Crippen molar-refractivity contribution in [1.29, 1.82) is 0 Å². The van der Waals surface area contributed by atoms with Gasteiger partial charge in [0.15, 0.2) is 0 Å². The molecule has 1 heterocycles. The minimum absolute atomic E-state index is 0.456. The molecule has 0 aliphatic carbocycles. The number of hydrogen-bond acceptors (Lipinski definition) is 3. The summed E-state index contributed by atoms with van der Waals surface area (Å²) < 4.78 is 11.0. The molecular formula is C16H17NO2. The van der Waals surface area contributed by atoms with E-state index in [1.165, 1.54) is 0 Å². The van der Waals surface area contributed by atoms with Crippen molar-refractivity contribution < 1.29 is 9.47 Å². The van der Waals surface area contributed by atoms with Crippen molar-refractivity contribution in [3.05, 3.63) is 59.7 Å². The van der Waals surface area contributed by atoms with Gasteiger partial charge in [0.2, 0.25) is 0 Å². The van der Waals surface area contributed by atoms with E-state index in [-0.39, 0.29) is 0 Å². The Morgan fingerprint density at radius 1 is 1.16 bits per heavy atom. The second kappa shape index (κ2) is 4.59. The molecule has 19 heavy (non-hydrogen) atoms. The predicted molar refractivity (Wildman–Crippen MR) is 74.5 cm³/mol. The first kappa shape index (κ1) is 12.1. The van der Waals surface area contributed by atoms with Crippen molar-refractivity contribution in [2.24, 2.45) is 5.73 Å². The highest BCUT2D eigenvalue weighted by molar-refractivity contribution is 5.44. The summed E-state index contributed by atoms with van der Waals surface area (Å²) in [5.41, 5.74) is 8.29. The molecule has 98 valence electrons. The van der Waals surface area contributed by atoms with Crippen LogP contribution in [0.15, 0.2) is 48.5 Å². The summed E-state index contributed by atoms with van der Waals surface area (Å²) in [7, 11) is 1.65. The van der Waals surface area contributed by atoms with Gasteiger partial charge in [0.1, 0.15) is 18.1 Å². The maximum atomic E-state index is 6.51. The van der Waals surface area contributed by atoms with Crippen LogP contribution in [0.2, 0.25) is 0 Å². The Bertz CT molecular complexity index is 583. The molecule has 0 aromatic heterocycles. The average Bonchev–Trinajstić information content (AvgIpc) is 2.47. The molecule has 0 saturated carbocycles. The molecule has 2 aromatic carbocycles. The van der Waals surface area contributed by atoms with Crippen molar-refractivity contribution in [2.45, 2.75) is 12.0 Å². The topological polar surface area (TPSA) is 44.5 Å². The fourth-order valence-corrected chi connectivity index (χ4v) is 2.50. The highest BCUT2D eigenvalue weighted by Crippen LogP contribution is 2.35. The van der Waals surface area contributed by atoms with Crippen LogP contribution in [0.3, 0.4) is 0 Å². The lowest BCUT2D eigenvalue weighted by Gasteiger charge is -2.35. The first-order valence-corrected chi connectivity index (χ1v) is 6.35. The SMILES string of the molecule is COc1ccc2c(c1)OCC(N)(c1ccccc1)C2. The highest BCUT2D eigenvalue weighted by atomic mass is 16.5. The third-order valence-electron chi connectivity index (χ3n) is 3.61. The molecule has 0 saturated heterocycles. The first-order valence-electron chi connectivity index (χ1n) is 6.35. The van der Waals surface area contributed by atoms with E-state index in [4.69, 9.17) is 15.2 Å². The Balaban J connectivity index is 1.94. The standard InChI is InChI=1S/C16H17NO2/c1-18-14-8-7-12-10-16(17,11-19-15(12)9-14)13-5-3-2-4-6-13/h2-9H,10-11,17H2,1H3. The van der Waals surface area contributed by atoms with Gasteiger partial charge in [-0.3, -0.25) is 0 Å². The van der Waals surface area contributed by atoms with Gasteiger partial charge in [-0.25, -0.2) is 0 Å². The van der Waals surface area contributed by atoms with Crippen LogP contribution >= 0.6 is 0 Å². The molecule has 3 nitrogen and oxygen atoms in total. The molecule has 1 atom stereocenters. The van der Waals surface area contributed by atoms with Gasteiger partial charge in [0.25, 0.3) is 0 Å². The minimum atomic E-state index is -0.456. The maximum absolute atomic E-state index is 6.51. The third kappa shape index (κ3) is 2.17. The Labute approximate surface area is 113 Å². The fraction of sp³-hybridized carbons (Fsp3) is 0.250. The molecule has 0 amide bonds. The number of benzene rings is 2. The van der Waals surface area contributed by atoms with E-state index in [1.807, 2.05) is 36.4 Å². The van der Waals surface area contributed by atoms with E-state index in [0.29, 0.717) is 6.61 Å². The summed E-state index contributed by atoms with van der Waals surface area (Å²) in [5.74, 6) is 1.68. The zero-order chi connectivity index (χ0) is 13.3. The summed E-state index contributed by atoms with van der Waals surface area (Å²) >= 11 is 0. The lowest BCUT2D eigenvalue weighted by molar-refractivity contribution is 0.190. The van der Waals surface area contributed by atoms with Gasteiger partial charge in [-0.05, 0) is 17.2 Å². The molecule has 0 radical (unpaired) electrons. The lowest BCUT2D eigenvalue weighted by atomic mass is 9.83. The molecule has 3 heteroatoms. The number of fused-ring (bicyclic) bond motifs is 1. The summed E-state index contributed by atoms with van der Waals surface area (Å²) in [6.45, 7) is 0.483. The van der Waals surface area contributed by atoms with Crippen LogP contribution in [-0.4, -0.2) is 13.7 Å². The molecule has 3 rings (SSSR count). The monoisotopic (exact) mass is 255 g/mol. The van der Waals surface area contributed by atoms with Crippen molar-refractivity contribution in [3.8, 4) is 11.5 Å². The molecule has 0 fully saturated rings. The van der Waals surface area contributed by atoms with Gasteiger partial charge < -0.3 is 15.2 Å². The normalized spacial score (nSPS) is 21.4. The largest absolute Gasteiger partial charge is 0.497 e. The van der Waals surface area contributed by atoms with E-state index in [2.05, 4.69) is 12.1 Å². The Kier molecular flexibility index (Phi) is 2.91. The Morgan fingerprint density at radius 3 is 2.68 bits per heavy atom. The van der Waals surface area contributed by atoms with Gasteiger partial charge in [0.05, 0.1) is 12.6 Å². The van der Waals surface area contributed by atoms with Crippen LogP contribution in [0.5, 0.6) is 11.5 Å². The van der Waals surface area contributed by atoms with Gasteiger partial charge in [-0.1, -0.05) is 36.4 Å². The van der Waals surface area contributed by atoms with Crippen LogP contribution in [-0.2, 0) is 12.0 Å². The molecule has 2 N–H and O–H groups in total. The summed E-state index contributed by atoms with van der Waals surface area (Å²) in [6, 6.07) is 16.0. The molecule has 0 bridgehead atoms. The lowest BCUT2D eigenvalue weighted by Crippen LogP contribution is -2.47. The van der Waals surface area contributed by atoms with Crippen LogP contribution in [0.25, 0.3) is 0 Å². The summed E-state index contributed by atoms with van der Waals surface area (Å²) in [4.78, 5) is 0. The second-order valence-electron chi connectivity index (χ2n) is 4.96. The smallest absolute Gasteiger partial charge is 0.126 e. The van der Waals surface area contributed by atoms with Gasteiger partial charge in [0, 0.05) is 12.5 Å². The number of rotatable bonds is 2. The van der Waals surface area contributed by atoms with Crippen molar-refractivity contribution >= 4 is 0 Å². The van der Waals surface area contributed by atoms with Gasteiger partial charge in [-0.2, -0.15) is 0 Å². The maximum Gasteiger partial charge on any atom is 0.126 e. The number of methoxy groups -OCH3 is 1. The van der Waals surface area contributed by atoms with Crippen LogP contribution in [0, 0.1) is 0 Å². The zero-order valence-electron chi connectivity index (χ0n) is 10.9. The van der Waals surface area contributed by atoms with Crippen molar-refractivity contribution in [3.63, 3.8) is 0 Å². The van der Waals surface area contributed by atoms with Gasteiger partial charge >= 0.3 is 0 Å². The van der Waals surface area contributed by atoms with E-state index < -0.39 is 5.54 Å². The second-order valence-corrected chi connectivity index (χ2v) is 4.96. The number of hydrogen-bond donors (Lipinski definition) is 1.